The standard InChI is InChI=1S/C16H23NO3/c1-12(14-7-9-20-10-8-14)16(18)17-11-13-3-5-15(19-2)6-4-13/h3-6,12,14H,7-11H2,1-2H3,(H,17,18). The van der Waals surface area contributed by atoms with Gasteiger partial charge in [0.15, 0.2) is 0 Å². The molecule has 110 valence electrons. The lowest BCUT2D eigenvalue weighted by molar-refractivity contribution is -0.127. The minimum Gasteiger partial charge on any atom is -0.497 e. The van der Waals surface area contributed by atoms with Gasteiger partial charge in [-0.1, -0.05) is 19.1 Å². The Balaban J connectivity index is 1.81. The smallest absolute Gasteiger partial charge is 0.223 e. The number of benzene rings is 1. The first kappa shape index (κ1) is 14.9. The molecule has 0 aliphatic carbocycles. The third kappa shape index (κ3) is 3.97. The number of hydrogen-bond acceptors (Lipinski definition) is 3. The van der Waals surface area contributed by atoms with Crippen molar-refractivity contribution >= 4 is 5.91 Å². The first-order valence-electron chi connectivity index (χ1n) is 7.19. The van der Waals surface area contributed by atoms with E-state index in [1.807, 2.05) is 31.2 Å². The number of hydrogen-bond donors (Lipinski definition) is 1. The highest BCUT2D eigenvalue weighted by molar-refractivity contribution is 5.78. The quantitative estimate of drug-likeness (QED) is 0.899. The van der Waals surface area contributed by atoms with Gasteiger partial charge in [0, 0.05) is 25.7 Å². The molecule has 0 radical (unpaired) electrons. The molecular formula is C16H23NO3. The molecular weight excluding hydrogens is 254 g/mol. The van der Waals surface area contributed by atoms with Gasteiger partial charge in [-0.2, -0.15) is 0 Å². The lowest BCUT2D eigenvalue weighted by Gasteiger charge is -2.26. The summed E-state index contributed by atoms with van der Waals surface area (Å²) in [6, 6.07) is 7.75. The summed E-state index contributed by atoms with van der Waals surface area (Å²) < 4.78 is 10.5. The van der Waals surface area contributed by atoms with Gasteiger partial charge in [-0.3, -0.25) is 4.79 Å². The van der Waals surface area contributed by atoms with Crippen molar-refractivity contribution in [3.05, 3.63) is 29.8 Å². The maximum Gasteiger partial charge on any atom is 0.223 e. The molecule has 0 saturated carbocycles. The number of carbonyl (C=O) groups is 1. The highest BCUT2D eigenvalue weighted by atomic mass is 16.5. The van der Waals surface area contributed by atoms with Crippen LogP contribution in [0, 0.1) is 11.8 Å². The van der Waals surface area contributed by atoms with Crippen LogP contribution >= 0.6 is 0 Å². The second-order valence-corrected chi connectivity index (χ2v) is 5.30. The van der Waals surface area contributed by atoms with Crippen LogP contribution in [0.4, 0.5) is 0 Å². The molecule has 0 bridgehead atoms. The van der Waals surface area contributed by atoms with Crippen molar-refractivity contribution in [2.24, 2.45) is 11.8 Å². The fraction of sp³-hybridized carbons (Fsp3) is 0.562. The second-order valence-electron chi connectivity index (χ2n) is 5.30. The molecule has 1 aromatic rings. The average molecular weight is 277 g/mol. The molecule has 1 aliphatic heterocycles. The molecule has 1 fully saturated rings. The topological polar surface area (TPSA) is 47.6 Å². The molecule has 1 unspecified atom stereocenters. The van der Waals surface area contributed by atoms with Gasteiger partial charge >= 0.3 is 0 Å². The molecule has 1 saturated heterocycles. The fourth-order valence-electron chi connectivity index (χ4n) is 2.52. The van der Waals surface area contributed by atoms with E-state index in [0.29, 0.717) is 12.5 Å². The molecule has 0 aromatic heterocycles. The van der Waals surface area contributed by atoms with E-state index in [4.69, 9.17) is 9.47 Å². The van der Waals surface area contributed by atoms with Crippen molar-refractivity contribution in [2.75, 3.05) is 20.3 Å². The van der Waals surface area contributed by atoms with E-state index < -0.39 is 0 Å². The second kappa shape index (κ2) is 7.29. The minimum absolute atomic E-state index is 0.0529. The largest absolute Gasteiger partial charge is 0.497 e. The predicted molar refractivity (Wildman–Crippen MR) is 77.5 cm³/mol. The normalized spacial score (nSPS) is 17.5. The van der Waals surface area contributed by atoms with E-state index >= 15 is 0 Å². The fourth-order valence-corrected chi connectivity index (χ4v) is 2.52. The molecule has 1 aromatic carbocycles. The van der Waals surface area contributed by atoms with Crippen LogP contribution in [0.3, 0.4) is 0 Å². The van der Waals surface area contributed by atoms with Crippen molar-refractivity contribution in [1.82, 2.24) is 5.32 Å². The summed E-state index contributed by atoms with van der Waals surface area (Å²) in [5.74, 6) is 1.46. The lowest BCUT2D eigenvalue weighted by atomic mass is 9.87. The van der Waals surface area contributed by atoms with Crippen LogP contribution in [0.5, 0.6) is 5.75 Å². The third-order valence-corrected chi connectivity index (χ3v) is 4.01. The molecule has 2 rings (SSSR count). The van der Waals surface area contributed by atoms with Crippen molar-refractivity contribution < 1.29 is 14.3 Å². The number of nitrogens with one attached hydrogen (secondary N) is 1. The summed E-state index contributed by atoms with van der Waals surface area (Å²) in [6.45, 7) is 4.14. The zero-order chi connectivity index (χ0) is 14.4. The van der Waals surface area contributed by atoms with Gasteiger partial charge in [0.1, 0.15) is 5.75 Å². The number of rotatable bonds is 5. The Morgan fingerprint density at radius 1 is 1.35 bits per heavy atom. The molecule has 20 heavy (non-hydrogen) atoms. The third-order valence-electron chi connectivity index (χ3n) is 4.01. The van der Waals surface area contributed by atoms with E-state index in [9.17, 15) is 4.79 Å². The molecule has 1 N–H and O–H groups in total. The predicted octanol–water partition coefficient (Wildman–Crippen LogP) is 2.37. The molecule has 4 nitrogen and oxygen atoms in total. The van der Waals surface area contributed by atoms with E-state index in [1.165, 1.54) is 0 Å². The maximum absolute atomic E-state index is 12.2. The number of amides is 1. The van der Waals surface area contributed by atoms with Crippen LogP contribution in [-0.4, -0.2) is 26.2 Å². The first-order valence-corrected chi connectivity index (χ1v) is 7.19. The van der Waals surface area contributed by atoms with Crippen molar-refractivity contribution in [3.8, 4) is 5.75 Å². The summed E-state index contributed by atoms with van der Waals surface area (Å²) in [7, 11) is 1.65. The molecule has 0 spiro atoms. The van der Waals surface area contributed by atoms with Gasteiger partial charge in [0.05, 0.1) is 7.11 Å². The summed E-state index contributed by atoms with van der Waals surface area (Å²) >= 11 is 0. The van der Waals surface area contributed by atoms with Crippen molar-refractivity contribution in [2.45, 2.75) is 26.3 Å². The minimum atomic E-state index is 0.0529. The Kier molecular flexibility index (Phi) is 5.41. The number of methoxy groups -OCH3 is 1. The molecule has 1 atom stereocenters. The zero-order valence-electron chi connectivity index (χ0n) is 12.2. The van der Waals surface area contributed by atoms with Crippen LogP contribution < -0.4 is 10.1 Å². The number of ether oxygens (including phenoxy) is 2. The van der Waals surface area contributed by atoms with Gasteiger partial charge in [-0.15, -0.1) is 0 Å². The van der Waals surface area contributed by atoms with Crippen LogP contribution in [-0.2, 0) is 16.1 Å². The highest BCUT2D eigenvalue weighted by Crippen LogP contribution is 2.23. The van der Waals surface area contributed by atoms with Crippen LogP contribution in [0.15, 0.2) is 24.3 Å². The molecule has 1 amide bonds. The van der Waals surface area contributed by atoms with Crippen molar-refractivity contribution in [1.29, 1.82) is 0 Å². The monoisotopic (exact) mass is 277 g/mol. The average Bonchev–Trinajstić information content (AvgIpc) is 2.53. The lowest BCUT2D eigenvalue weighted by Crippen LogP contribution is -2.35. The summed E-state index contributed by atoms with van der Waals surface area (Å²) in [5.41, 5.74) is 1.08. The first-order chi connectivity index (χ1) is 9.70. The summed E-state index contributed by atoms with van der Waals surface area (Å²) in [4.78, 5) is 12.2. The molecule has 1 aliphatic rings. The Morgan fingerprint density at radius 3 is 2.60 bits per heavy atom. The Hall–Kier alpha value is -1.55. The van der Waals surface area contributed by atoms with Crippen molar-refractivity contribution in [3.63, 3.8) is 0 Å². The molecule has 4 heteroatoms. The summed E-state index contributed by atoms with van der Waals surface area (Å²) in [6.07, 6.45) is 1.97. The van der Waals surface area contributed by atoms with Gasteiger partial charge in [0.25, 0.3) is 0 Å². The van der Waals surface area contributed by atoms with Gasteiger partial charge in [-0.25, -0.2) is 0 Å². The Morgan fingerprint density at radius 2 is 2.00 bits per heavy atom. The van der Waals surface area contributed by atoms with Crippen LogP contribution in [0.1, 0.15) is 25.3 Å². The van der Waals surface area contributed by atoms with Gasteiger partial charge in [0.2, 0.25) is 5.91 Å². The van der Waals surface area contributed by atoms with E-state index in [-0.39, 0.29) is 11.8 Å². The molecule has 1 heterocycles. The SMILES string of the molecule is COc1ccc(CNC(=O)C(C)C2CCOCC2)cc1. The van der Waals surface area contributed by atoms with E-state index in [0.717, 1.165) is 37.4 Å². The number of carbonyl (C=O) groups excluding carboxylic acids is 1. The highest BCUT2D eigenvalue weighted by Gasteiger charge is 2.25. The Bertz CT molecular complexity index is 424. The zero-order valence-corrected chi connectivity index (χ0v) is 12.2. The van der Waals surface area contributed by atoms with Crippen LogP contribution in [0.2, 0.25) is 0 Å². The van der Waals surface area contributed by atoms with E-state index in [1.54, 1.807) is 7.11 Å². The van der Waals surface area contributed by atoms with Gasteiger partial charge < -0.3 is 14.8 Å². The van der Waals surface area contributed by atoms with E-state index in [2.05, 4.69) is 5.32 Å². The Labute approximate surface area is 120 Å². The maximum atomic E-state index is 12.2. The van der Waals surface area contributed by atoms with Gasteiger partial charge in [-0.05, 0) is 36.5 Å². The van der Waals surface area contributed by atoms with Crippen LogP contribution in [0.25, 0.3) is 0 Å². The summed E-state index contributed by atoms with van der Waals surface area (Å²) in [5, 5.41) is 3.01.